The highest BCUT2D eigenvalue weighted by molar-refractivity contribution is 9.10. The highest BCUT2D eigenvalue weighted by Crippen LogP contribution is 2.17. The summed E-state index contributed by atoms with van der Waals surface area (Å²) in [5.74, 6) is 0. The second kappa shape index (κ2) is 5.45. The molecule has 0 aliphatic rings. The van der Waals surface area contributed by atoms with Crippen molar-refractivity contribution in [2.75, 3.05) is 12.4 Å². The largest absolute Gasteiger partial charge is 0.363 e. The van der Waals surface area contributed by atoms with Crippen molar-refractivity contribution in [3.05, 3.63) is 42.2 Å². The van der Waals surface area contributed by atoms with E-state index in [1.54, 1.807) is 7.05 Å². The zero-order chi connectivity index (χ0) is 14.0. The maximum absolute atomic E-state index is 11.5. The lowest BCUT2D eigenvalue weighted by molar-refractivity contribution is -0.386. The van der Waals surface area contributed by atoms with E-state index in [0.29, 0.717) is 16.7 Å². The molecular weight excluding hydrogens is 338 g/mol. The standard InChI is InChI=1S/C9H8BrN5O3S/c1-11-9-13-12-7(19-9)4-14-2-5(10)8(16)6(3-14)15(17)18/h2-3H,4H2,1H3,(H,11,13). The van der Waals surface area contributed by atoms with Gasteiger partial charge in [0, 0.05) is 13.2 Å². The molecule has 0 spiro atoms. The highest BCUT2D eigenvalue weighted by Gasteiger charge is 2.16. The first-order valence-electron chi connectivity index (χ1n) is 5.05. The van der Waals surface area contributed by atoms with Crippen LogP contribution in [0.3, 0.4) is 0 Å². The number of nitrogens with one attached hydrogen (secondary N) is 1. The van der Waals surface area contributed by atoms with E-state index in [4.69, 9.17) is 0 Å². The van der Waals surface area contributed by atoms with Gasteiger partial charge in [-0.1, -0.05) is 11.3 Å². The van der Waals surface area contributed by atoms with E-state index in [2.05, 4.69) is 31.4 Å². The van der Waals surface area contributed by atoms with Crippen LogP contribution < -0.4 is 10.7 Å². The van der Waals surface area contributed by atoms with Crippen LogP contribution in [0.25, 0.3) is 0 Å². The molecule has 0 unspecified atom stereocenters. The summed E-state index contributed by atoms with van der Waals surface area (Å²) in [6.07, 6.45) is 2.67. The lowest BCUT2D eigenvalue weighted by Crippen LogP contribution is -2.13. The minimum atomic E-state index is -0.706. The van der Waals surface area contributed by atoms with Crippen LogP contribution in [0.15, 0.2) is 21.7 Å². The molecule has 0 atom stereocenters. The molecule has 19 heavy (non-hydrogen) atoms. The van der Waals surface area contributed by atoms with Gasteiger partial charge >= 0.3 is 5.69 Å². The third-order valence-electron chi connectivity index (χ3n) is 2.21. The molecule has 0 aliphatic carbocycles. The summed E-state index contributed by atoms with van der Waals surface area (Å²) in [6.45, 7) is 0.305. The van der Waals surface area contributed by atoms with Crippen molar-refractivity contribution in [3.63, 3.8) is 0 Å². The van der Waals surface area contributed by atoms with Crippen molar-refractivity contribution in [3.8, 4) is 0 Å². The van der Waals surface area contributed by atoms with Gasteiger partial charge in [-0.25, -0.2) is 0 Å². The predicted octanol–water partition coefficient (Wildman–Crippen LogP) is 1.46. The van der Waals surface area contributed by atoms with E-state index in [1.807, 2.05) is 0 Å². The molecule has 8 nitrogen and oxygen atoms in total. The molecule has 0 amide bonds. The summed E-state index contributed by atoms with van der Waals surface area (Å²) >= 11 is 4.35. The molecule has 100 valence electrons. The number of anilines is 1. The minimum absolute atomic E-state index is 0.139. The fraction of sp³-hybridized carbons (Fsp3) is 0.222. The van der Waals surface area contributed by atoms with Crippen LogP contribution in [0.4, 0.5) is 10.8 Å². The van der Waals surface area contributed by atoms with E-state index >= 15 is 0 Å². The normalized spacial score (nSPS) is 10.4. The van der Waals surface area contributed by atoms with Crippen molar-refractivity contribution < 1.29 is 4.92 Å². The number of aromatic nitrogens is 3. The minimum Gasteiger partial charge on any atom is -0.363 e. The summed E-state index contributed by atoms with van der Waals surface area (Å²) in [7, 11) is 1.73. The quantitative estimate of drug-likeness (QED) is 0.664. The SMILES string of the molecule is CNc1nnc(Cn2cc(Br)c(=O)c([N+](=O)[O-])c2)s1. The van der Waals surface area contributed by atoms with E-state index in [9.17, 15) is 14.9 Å². The van der Waals surface area contributed by atoms with Gasteiger partial charge in [0.15, 0.2) is 0 Å². The Morgan fingerprint density at radius 1 is 1.53 bits per heavy atom. The molecule has 2 aromatic rings. The summed E-state index contributed by atoms with van der Waals surface area (Å²) in [5.41, 5.74) is -1.12. The lowest BCUT2D eigenvalue weighted by atomic mass is 10.4. The maximum Gasteiger partial charge on any atom is 0.333 e. The average molecular weight is 346 g/mol. The van der Waals surface area contributed by atoms with Crippen molar-refractivity contribution in [1.29, 1.82) is 0 Å². The van der Waals surface area contributed by atoms with Gasteiger partial charge in [-0.2, -0.15) is 0 Å². The Morgan fingerprint density at radius 3 is 2.84 bits per heavy atom. The third-order valence-corrected chi connectivity index (χ3v) is 3.70. The smallest absolute Gasteiger partial charge is 0.333 e. The number of nitrogens with zero attached hydrogens (tertiary/aromatic N) is 4. The Morgan fingerprint density at radius 2 is 2.26 bits per heavy atom. The number of nitro groups is 1. The Kier molecular flexibility index (Phi) is 3.90. The Labute approximate surface area is 119 Å². The first-order chi connectivity index (χ1) is 9.01. The van der Waals surface area contributed by atoms with E-state index in [1.165, 1.54) is 28.3 Å². The van der Waals surface area contributed by atoms with Gasteiger partial charge in [-0.15, -0.1) is 10.2 Å². The molecular formula is C9H8BrN5O3S. The number of hydrogen-bond acceptors (Lipinski definition) is 7. The van der Waals surface area contributed by atoms with E-state index in [0.717, 1.165) is 0 Å². The zero-order valence-electron chi connectivity index (χ0n) is 9.66. The predicted molar refractivity (Wildman–Crippen MR) is 73.6 cm³/mol. The molecule has 0 aromatic carbocycles. The van der Waals surface area contributed by atoms with Gasteiger partial charge in [-0.3, -0.25) is 14.9 Å². The first kappa shape index (κ1) is 13.6. The summed E-state index contributed by atoms with van der Waals surface area (Å²) in [6, 6.07) is 0. The number of halogens is 1. The molecule has 2 heterocycles. The Balaban J connectivity index is 2.35. The average Bonchev–Trinajstić information content (AvgIpc) is 2.81. The molecule has 2 rings (SSSR count). The van der Waals surface area contributed by atoms with Gasteiger partial charge in [0.2, 0.25) is 5.13 Å². The Hall–Kier alpha value is -1.81. The summed E-state index contributed by atoms with van der Waals surface area (Å²) < 4.78 is 1.66. The first-order valence-corrected chi connectivity index (χ1v) is 6.66. The third kappa shape index (κ3) is 2.96. The van der Waals surface area contributed by atoms with Crippen molar-refractivity contribution in [1.82, 2.24) is 14.8 Å². The van der Waals surface area contributed by atoms with Crippen LogP contribution in [0, 0.1) is 10.1 Å². The van der Waals surface area contributed by atoms with Gasteiger partial charge in [0.1, 0.15) is 5.01 Å². The number of hydrogen-bond donors (Lipinski definition) is 1. The number of rotatable bonds is 4. The van der Waals surface area contributed by atoms with Gasteiger partial charge in [-0.05, 0) is 15.9 Å². The van der Waals surface area contributed by atoms with Crippen LogP contribution >= 0.6 is 27.3 Å². The summed E-state index contributed by atoms with van der Waals surface area (Å²) in [4.78, 5) is 21.6. The van der Waals surface area contributed by atoms with Crippen LogP contribution in [0.1, 0.15) is 5.01 Å². The van der Waals surface area contributed by atoms with Crippen molar-refractivity contribution in [2.24, 2.45) is 0 Å². The second-order valence-electron chi connectivity index (χ2n) is 3.50. The number of pyridine rings is 1. The molecule has 10 heteroatoms. The second-order valence-corrected chi connectivity index (χ2v) is 5.42. The fourth-order valence-electron chi connectivity index (χ4n) is 1.38. The van der Waals surface area contributed by atoms with Crippen molar-refractivity contribution >= 4 is 38.1 Å². The molecule has 0 fully saturated rings. The van der Waals surface area contributed by atoms with Crippen LogP contribution in [0.5, 0.6) is 0 Å². The van der Waals surface area contributed by atoms with Crippen LogP contribution in [0.2, 0.25) is 0 Å². The molecule has 2 aromatic heterocycles. The molecule has 0 bridgehead atoms. The monoisotopic (exact) mass is 345 g/mol. The molecule has 0 saturated carbocycles. The van der Waals surface area contributed by atoms with Gasteiger partial charge < -0.3 is 9.88 Å². The van der Waals surface area contributed by atoms with Crippen LogP contribution in [-0.2, 0) is 6.54 Å². The topological polar surface area (TPSA) is 103 Å². The molecule has 0 aliphatic heterocycles. The van der Waals surface area contributed by atoms with Crippen molar-refractivity contribution in [2.45, 2.75) is 6.54 Å². The lowest BCUT2D eigenvalue weighted by Gasteiger charge is -2.03. The fourth-order valence-corrected chi connectivity index (χ4v) is 2.54. The van der Waals surface area contributed by atoms with E-state index in [-0.39, 0.29) is 4.47 Å². The highest BCUT2D eigenvalue weighted by atomic mass is 79.9. The Bertz CT molecular complexity index is 683. The van der Waals surface area contributed by atoms with E-state index < -0.39 is 16.0 Å². The summed E-state index contributed by atoms with van der Waals surface area (Å²) in [5, 5.41) is 22.7. The molecule has 0 saturated heterocycles. The van der Waals surface area contributed by atoms with Crippen LogP contribution in [-0.4, -0.2) is 26.7 Å². The van der Waals surface area contributed by atoms with Gasteiger partial charge in [0.05, 0.1) is 22.1 Å². The molecule has 0 radical (unpaired) electrons. The zero-order valence-corrected chi connectivity index (χ0v) is 12.1. The van der Waals surface area contributed by atoms with Gasteiger partial charge in [0.25, 0.3) is 5.43 Å². The molecule has 1 N–H and O–H groups in total. The maximum atomic E-state index is 11.5.